The van der Waals surface area contributed by atoms with Gasteiger partial charge in [-0.25, -0.2) is 0 Å². The molecule has 2 rings (SSSR count). The van der Waals surface area contributed by atoms with Crippen molar-refractivity contribution >= 4 is 0 Å². The molecule has 1 N–H and O–H groups in total. The summed E-state index contributed by atoms with van der Waals surface area (Å²) in [5, 5.41) is 3.34. The second-order valence-corrected chi connectivity index (χ2v) is 5.14. The topological polar surface area (TPSA) is 34.1 Å². The van der Waals surface area contributed by atoms with Crippen LogP contribution in [-0.4, -0.2) is 12.0 Å². The van der Waals surface area contributed by atoms with E-state index in [1.165, 1.54) is 5.56 Å². The van der Waals surface area contributed by atoms with E-state index in [4.69, 9.17) is 4.74 Å². The van der Waals surface area contributed by atoms with Crippen LogP contribution in [0.5, 0.6) is 11.5 Å². The third kappa shape index (κ3) is 3.61. The maximum absolute atomic E-state index is 6.17. The van der Waals surface area contributed by atoms with Crippen LogP contribution >= 0.6 is 0 Å². The van der Waals surface area contributed by atoms with E-state index < -0.39 is 0 Å². The number of para-hydroxylation sites is 1. The lowest BCUT2D eigenvalue weighted by atomic mass is 10.0. The highest BCUT2D eigenvalue weighted by Gasteiger charge is 2.14. The first kappa shape index (κ1) is 15.5. The number of nitrogens with one attached hydrogen (secondary N) is 1. The largest absolute Gasteiger partial charge is 0.455 e. The Bertz CT molecular complexity index is 592. The van der Waals surface area contributed by atoms with E-state index in [0.29, 0.717) is 6.04 Å². The number of hydrogen-bond acceptors (Lipinski definition) is 3. The van der Waals surface area contributed by atoms with E-state index in [-0.39, 0.29) is 0 Å². The number of rotatable bonds is 6. The Kier molecular flexibility index (Phi) is 5.34. The Morgan fingerprint density at radius 2 is 1.86 bits per heavy atom. The van der Waals surface area contributed by atoms with Gasteiger partial charge in [-0.1, -0.05) is 32.0 Å². The molecular formula is C18H24N2O. The van der Waals surface area contributed by atoms with Crippen LogP contribution in [0.2, 0.25) is 0 Å². The number of benzene rings is 1. The summed E-state index contributed by atoms with van der Waals surface area (Å²) >= 11 is 0. The molecule has 1 aromatic heterocycles. The Labute approximate surface area is 127 Å². The fourth-order valence-electron chi connectivity index (χ4n) is 2.50. The fraction of sp³-hybridized carbons (Fsp3) is 0.389. The summed E-state index contributed by atoms with van der Waals surface area (Å²) in [7, 11) is 1.98. The van der Waals surface area contributed by atoms with Crippen LogP contribution in [0.3, 0.4) is 0 Å². The van der Waals surface area contributed by atoms with Gasteiger partial charge < -0.3 is 10.1 Å². The van der Waals surface area contributed by atoms with Gasteiger partial charge in [0, 0.05) is 17.3 Å². The summed E-state index contributed by atoms with van der Waals surface area (Å²) in [6, 6.07) is 12.5. The van der Waals surface area contributed by atoms with Crippen LogP contribution in [0.25, 0.3) is 0 Å². The Balaban J connectivity index is 2.36. The average Bonchev–Trinajstić information content (AvgIpc) is 2.51. The van der Waals surface area contributed by atoms with Gasteiger partial charge in [0.2, 0.25) is 0 Å². The predicted octanol–water partition coefficient (Wildman–Crippen LogP) is 4.42. The van der Waals surface area contributed by atoms with E-state index >= 15 is 0 Å². The maximum atomic E-state index is 6.17. The van der Waals surface area contributed by atoms with Gasteiger partial charge in [-0.3, -0.25) is 4.98 Å². The first-order valence-electron chi connectivity index (χ1n) is 7.60. The zero-order valence-electron chi connectivity index (χ0n) is 13.3. The quantitative estimate of drug-likeness (QED) is 0.853. The van der Waals surface area contributed by atoms with Crippen molar-refractivity contribution < 1.29 is 4.74 Å². The summed E-state index contributed by atoms with van der Waals surface area (Å²) in [4.78, 5) is 4.56. The second-order valence-electron chi connectivity index (χ2n) is 5.14. The standard InChI is InChI=1S/C18H24N2O/c1-5-15(19-4)14-9-7-8-10-17(14)21-18-12-11-13(3)20-16(18)6-2/h7-12,15,19H,5-6H2,1-4H3. The van der Waals surface area contributed by atoms with Crippen LogP contribution in [0.15, 0.2) is 36.4 Å². The number of ether oxygens (including phenoxy) is 1. The van der Waals surface area contributed by atoms with Gasteiger partial charge in [0.25, 0.3) is 0 Å². The van der Waals surface area contributed by atoms with Crippen molar-refractivity contribution in [2.24, 2.45) is 0 Å². The number of hydrogen-bond donors (Lipinski definition) is 1. The average molecular weight is 284 g/mol. The molecule has 0 fully saturated rings. The van der Waals surface area contributed by atoms with Crippen molar-refractivity contribution in [3.63, 3.8) is 0 Å². The minimum atomic E-state index is 0.296. The molecule has 3 nitrogen and oxygen atoms in total. The van der Waals surface area contributed by atoms with Crippen LogP contribution in [0, 0.1) is 6.92 Å². The second kappa shape index (κ2) is 7.23. The number of aromatic nitrogens is 1. The maximum Gasteiger partial charge on any atom is 0.148 e. The van der Waals surface area contributed by atoms with Gasteiger partial charge in [-0.15, -0.1) is 0 Å². The minimum Gasteiger partial charge on any atom is -0.455 e. The highest BCUT2D eigenvalue weighted by atomic mass is 16.5. The fourth-order valence-corrected chi connectivity index (χ4v) is 2.50. The van der Waals surface area contributed by atoms with Crippen molar-refractivity contribution in [3.8, 4) is 11.5 Å². The molecule has 1 unspecified atom stereocenters. The molecule has 0 spiro atoms. The van der Waals surface area contributed by atoms with Gasteiger partial charge >= 0.3 is 0 Å². The van der Waals surface area contributed by atoms with Gasteiger partial charge in [0.1, 0.15) is 11.5 Å². The molecule has 21 heavy (non-hydrogen) atoms. The monoisotopic (exact) mass is 284 g/mol. The lowest BCUT2D eigenvalue weighted by Gasteiger charge is -2.19. The Morgan fingerprint density at radius 3 is 2.52 bits per heavy atom. The molecule has 1 aromatic carbocycles. The smallest absolute Gasteiger partial charge is 0.148 e. The predicted molar refractivity (Wildman–Crippen MR) is 87.0 cm³/mol. The van der Waals surface area contributed by atoms with Crippen LogP contribution in [0.1, 0.15) is 43.3 Å². The van der Waals surface area contributed by atoms with Gasteiger partial charge in [-0.2, -0.15) is 0 Å². The SMILES string of the molecule is CCc1nc(C)ccc1Oc1ccccc1C(CC)NC. The molecule has 1 atom stereocenters. The summed E-state index contributed by atoms with van der Waals surface area (Å²) in [5.41, 5.74) is 3.21. The third-order valence-corrected chi connectivity index (χ3v) is 3.68. The molecule has 112 valence electrons. The summed E-state index contributed by atoms with van der Waals surface area (Å²) < 4.78 is 6.17. The normalized spacial score (nSPS) is 12.2. The highest BCUT2D eigenvalue weighted by Crippen LogP contribution is 2.32. The van der Waals surface area contributed by atoms with Crippen molar-refractivity contribution in [2.75, 3.05) is 7.05 Å². The van der Waals surface area contributed by atoms with E-state index in [0.717, 1.165) is 35.7 Å². The molecule has 0 saturated heterocycles. The molecule has 3 heteroatoms. The van der Waals surface area contributed by atoms with Crippen molar-refractivity contribution in [2.45, 2.75) is 39.7 Å². The van der Waals surface area contributed by atoms with Gasteiger partial charge in [0.05, 0.1) is 5.69 Å². The zero-order chi connectivity index (χ0) is 15.2. The first-order chi connectivity index (χ1) is 10.2. The molecule has 0 aliphatic carbocycles. The van der Waals surface area contributed by atoms with Crippen LogP contribution < -0.4 is 10.1 Å². The summed E-state index contributed by atoms with van der Waals surface area (Å²) in [6.07, 6.45) is 1.88. The highest BCUT2D eigenvalue weighted by molar-refractivity contribution is 5.41. The minimum absolute atomic E-state index is 0.296. The molecular weight excluding hydrogens is 260 g/mol. The van der Waals surface area contributed by atoms with E-state index in [1.54, 1.807) is 0 Å². The Morgan fingerprint density at radius 1 is 1.10 bits per heavy atom. The van der Waals surface area contributed by atoms with Crippen LogP contribution in [0.4, 0.5) is 0 Å². The molecule has 0 bridgehead atoms. The summed E-state index contributed by atoms with van der Waals surface area (Å²) in [6.45, 7) is 6.27. The van der Waals surface area contributed by atoms with Crippen LogP contribution in [-0.2, 0) is 6.42 Å². The molecule has 1 heterocycles. The number of pyridine rings is 1. The lowest BCUT2D eigenvalue weighted by Crippen LogP contribution is -2.16. The molecule has 0 saturated carbocycles. The molecule has 0 amide bonds. The molecule has 0 aliphatic rings. The van der Waals surface area contributed by atoms with Gasteiger partial charge in [0.15, 0.2) is 0 Å². The van der Waals surface area contributed by atoms with Gasteiger partial charge in [-0.05, 0) is 45.0 Å². The van der Waals surface area contributed by atoms with Crippen molar-refractivity contribution in [3.05, 3.63) is 53.3 Å². The van der Waals surface area contributed by atoms with E-state index in [1.807, 2.05) is 38.2 Å². The summed E-state index contributed by atoms with van der Waals surface area (Å²) in [5.74, 6) is 1.75. The van der Waals surface area contributed by atoms with Crippen molar-refractivity contribution in [1.82, 2.24) is 10.3 Å². The van der Waals surface area contributed by atoms with E-state index in [9.17, 15) is 0 Å². The first-order valence-corrected chi connectivity index (χ1v) is 7.60. The lowest BCUT2D eigenvalue weighted by molar-refractivity contribution is 0.451. The van der Waals surface area contributed by atoms with Crippen molar-refractivity contribution in [1.29, 1.82) is 0 Å². The Hall–Kier alpha value is -1.87. The number of nitrogens with zero attached hydrogens (tertiary/aromatic N) is 1. The number of aryl methyl sites for hydroxylation is 2. The third-order valence-electron chi connectivity index (χ3n) is 3.68. The zero-order valence-corrected chi connectivity index (χ0v) is 13.3. The molecule has 0 radical (unpaired) electrons. The van der Waals surface area contributed by atoms with E-state index in [2.05, 4.69) is 36.3 Å². The molecule has 0 aliphatic heterocycles. The molecule has 2 aromatic rings.